The predicted molar refractivity (Wildman–Crippen MR) is 115 cm³/mol. The fourth-order valence-electron chi connectivity index (χ4n) is 4.87. The van der Waals surface area contributed by atoms with E-state index in [1.54, 1.807) is 0 Å². The van der Waals surface area contributed by atoms with Crippen LogP contribution in [0.15, 0.2) is 42.5 Å². The Morgan fingerprint density at radius 1 is 1.14 bits per heavy atom. The first-order valence-electron chi connectivity index (χ1n) is 9.94. The van der Waals surface area contributed by atoms with Gasteiger partial charge in [-0.2, -0.15) is 0 Å². The highest BCUT2D eigenvalue weighted by Crippen LogP contribution is 2.39. The molecule has 1 saturated carbocycles. The SMILES string of the molecule is CNC1Cc2ccc(CC3(N[SH](=O)=O)CCC3)cc2C1Cc1cccc(Cl)c1. The molecule has 6 heteroatoms. The van der Waals surface area contributed by atoms with Crippen molar-refractivity contribution in [3.8, 4) is 0 Å². The van der Waals surface area contributed by atoms with Gasteiger partial charge in [0.05, 0.1) is 0 Å². The van der Waals surface area contributed by atoms with Crippen molar-refractivity contribution >= 4 is 22.5 Å². The van der Waals surface area contributed by atoms with Crippen molar-refractivity contribution < 1.29 is 8.42 Å². The molecule has 28 heavy (non-hydrogen) atoms. The minimum absolute atomic E-state index is 0.285. The molecule has 2 aliphatic carbocycles. The number of fused-ring (bicyclic) bond motifs is 1. The number of thiol groups is 1. The van der Waals surface area contributed by atoms with Crippen LogP contribution in [0.3, 0.4) is 0 Å². The van der Waals surface area contributed by atoms with Crippen LogP contribution in [0.2, 0.25) is 5.02 Å². The first-order valence-corrected chi connectivity index (χ1v) is 11.5. The Labute approximate surface area is 173 Å². The van der Waals surface area contributed by atoms with Gasteiger partial charge in [-0.15, -0.1) is 0 Å². The Morgan fingerprint density at radius 2 is 1.96 bits per heavy atom. The van der Waals surface area contributed by atoms with Crippen LogP contribution >= 0.6 is 11.6 Å². The number of hydrogen-bond donors (Lipinski definition) is 3. The molecule has 0 saturated heterocycles. The van der Waals surface area contributed by atoms with E-state index in [0.717, 1.165) is 43.5 Å². The van der Waals surface area contributed by atoms with Crippen LogP contribution in [0, 0.1) is 0 Å². The zero-order valence-electron chi connectivity index (χ0n) is 16.1. The average Bonchev–Trinajstić information content (AvgIpc) is 2.96. The standard InChI is InChI=1S/C22H27ClN2O2S/c1-24-21-13-17-7-6-16(14-22(8-3-9-22)25-28(26)27)12-19(17)20(21)11-15-4-2-5-18(23)10-15/h2,4-7,10,12,20-21,24,28H,3,8-9,11,13-14H2,1H3,(H,25,26,27). The van der Waals surface area contributed by atoms with Crippen molar-refractivity contribution in [1.82, 2.24) is 10.0 Å². The second-order valence-corrected chi connectivity index (χ2v) is 9.43. The topological polar surface area (TPSA) is 58.2 Å². The molecule has 0 bridgehead atoms. The molecule has 2 aromatic carbocycles. The van der Waals surface area contributed by atoms with E-state index in [1.165, 1.54) is 22.3 Å². The van der Waals surface area contributed by atoms with Gasteiger partial charge in [0.25, 0.3) is 0 Å². The van der Waals surface area contributed by atoms with Crippen molar-refractivity contribution in [3.05, 3.63) is 69.7 Å². The van der Waals surface area contributed by atoms with Gasteiger partial charge in [0.1, 0.15) is 0 Å². The molecule has 2 aromatic rings. The quantitative estimate of drug-likeness (QED) is 0.604. The van der Waals surface area contributed by atoms with Crippen molar-refractivity contribution in [2.75, 3.05) is 7.05 Å². The molecule has 2 unspecified atom stereocenters. The van der Waals surface area contributed by atoms with E-state index in [9.17, 15) is 8.42 Å². The van der Waals surface area contributed by atoms with Gasteiger partial charge < -0.3 is 5.32 Å². The molecule has 1 fully saturated rings. The number of hydrogen-bond acceptors (Lipinski definition) is 3. The third-order valence-electron chi connectivity index (χ3n) is 6.43. The molecule has 0 radical (unpaired) electrons. The molecule has 0 aliphatic heterocycles. The maximum atomic E-state index is 11.3. The lowest BCUT2D eigenvalue weighted by Gasteiger charge is -2.41. The van der Waals surface area contributed by atoms with Gasteiger partial charge in [0, 0.05) is 22.5 Å². The number of halogens is 1. The number of nitrogens with one attached hydrogen (secondary N) is 2. The molecular weight excluding hydrogens is 392 g/mol. The molecule has 2 atom stereocenters. The van der Waals surface area contributed by atoms with Crippen LogP contribution in [0.4, 0.5) is 0 Å². The normalized spacial score (nSPS) is 22.8. The first kappa shape index (κ1) is 19.9. The van der Waals surface area contributed by atoms with Crippen LogP contribution in [0.1, 0.15) is 47.4 Å². The van der Waals surface area contributed by atoms with Gasteiger partial charge in [-0.1, -0.05) is 41.9 Å². The highest BCUT2D eigenvalue weighted by molar-refractivity contribution is 7.70. The number of likely N-dealkylation sites (N-methyl/N-ethyl adjacent to an activating group) is 1. The summed E-state index contributed by atoms with van der Waals surface area (Å²) in [6.07, 6.45) is 5.64. The Morgan fingerprint density at radius 3 is 2.61 bits per heavy atom. The van der Waals surface area contributed by atoms with Crippen molar-refractivity contribution in [2.45, 2.75) is 56.0 Å². The first-order chi connectivity index (χ1) is 13.5. The summed E-state index contributed by atoms with van der Waals surface area (Å²) in [6.45, 7) is 0. The minimum Gasteiger partial charge on any atom is -0.316 e. The zero-order chi connectivity index (χ0) is 19.7. The van der Waals surface area contributed by atoms with Crippen molar-refractivity contribution in [1.29, 1.82) is 0 Å². The smallest absolute Gasteiger partial charge is 0.201 e. The summed E-state index contributed by atoms with van der Waals surface area (Å²) in [6, 6.07) is 15.2. The summed E-state index contributed by atoms with van der Waals surface area (Å²) >= 11 is 6.19. The molecule has 0 spiro atoms. The van der Waals surface area contributed by atoms with E-state index < -0.39 is 10.9 Å². The van der Waals surface area contributed by atoms with Gasteiger partial charge in [0.15, 0.2) is 0 Å². The highest BCUT2D eigenvalue weighted by Gasteiger charge is 2.38. The molecule has 0 heterocycles. The lowest BCUT2D eigenvalue weighted by atomic mass is 9.73. The van der Waals surface area contributed by atoms with Gasteiger partial charge >= 0.3 is 0 Å². The predicted octanol–water partition coefficient (Wildman–Crippen LogP) is 3.39. The maximum absolute atomic E-state index is 11.3. The molecule has 2 aliphatic rings. The van der Waals surface area contributed by atoms with Crippen molar-refractivity contribution in [3.63, 3.8) is 0 Å². The van der Waals surface area contributed by atoms with E-state index in [0.29, 0.717) is 12.0 Å². The lowest BCUT2D eigenvalue weighted by Crippen LogP contribution is -2.51. The van der Waals surface area contributed by atoms with E-state index in [4.69, 9.17) is 11.6 Å². The maximum Gasteiger partial charge on any atom is 0.201 e. The van der Waals surface area contributed by atoms with Crippen LogP contribution in [0.25, 0.3) is 0 Å². The summed E-state index contributed by atoms with van der Waals surface area (Å²) < 4.78 is 25.3. The lowest BCUT2D eigenvalue weighted by molar-refractivity contribution is 0.222. The molecule has 4 rings (SSSR count). The van der Waals surface area contributed by atoms with Gasteiger partial charge in [0.2, 0.25) is 10.9 Å². The molecule has 2 N–H and O–H groups in total. The second kappa shape index (κ2) is 8.15. The Balaban J connectivity index is 1.60. The monoisotopic (exact) mass is 418 g/mol. The fraction of sp³-hybridized carbons (Fsp3) is 0.455. The molecule has 150 valence electrons. The van der Waals surface area contributed by atoms with Crippen LogP contribution < -0.4 is 10.0 Å². The zero-order valence-corrected chi connectivity index (χ0v) is 17.7. The summed E-state index contributed by atoms with van der Waals surface area (Å²) in [5.41, 5.74) is 4.96. The van der Waals surface area contributed by atoms with Crippen molar-refractivity contribution in [2.24, 2.45) is 0 Å². The van der Waals surface area contributed by atoms with E-state index >= 15 is 0 Å². The number of rotatable bonds is 7. The average molecular weight is 419 g/mol. The minimum atomic E-state index is -2.57. The van der Waals surface area contributed by atoms with Gasteiger partial charge in [-0.25, -0.2) is 13.1 Å². The molecule has 0 amide bonds. The fourth-order valence-corrected chi connectivity index (χ4v) is 5.77. The van der Waals surface area contributed by atoms with Crippen LogP contribution in [-0.4, -0.2) is 27.0 Å². The summed E-state index contributed by atoms with van der Waals surface area (Å²) in [4.78, 5) is 0. The Bertz CT molecular complexity index is 932. The van der Waals surface area contributed by atoms with E-state index in [1.807, 2.05) is 25.2 Å². The Kier molecular flexibility index (Phi) is 5.79. The van der Waals surface area contributed by atoms with Crippen LogP contribution in [-0.2, 0) is 30.2 Å². The summed E-state index contributed by atoms with van der Waals surface area (Å²) in [7, 11) is -0.544. The molecule has 4 nitrogen and oxygen atoms in total. The molecular formula is C22H27ClN2O2S. The third kappa shape index (κ3) is 4.13. The third-order valence-corrected chi connectivity index (χ3v) is 7.32. The number of benzene rings is 2. The summed E-state index contributed by atoms with van der Waals surface area (Å²) in [5.74, 6) is 0.389. The largest absolute Gasteiger partial charge is 0.316 e. The summed E-state index contributed by atoms with van der Waals surface area (Å²) in [5, 5.41) is 4.26. The van der Waals surface area contributed by atoms with E-state index in [-0.39, 0.29) is 5.54 Å². The van der Waals surface area contributed by atoms with Crippen LogP contribution in [0.5, 0.6) is 0 Å². The van der Waals surface area contributed by atoms with Gasteiger partial charge in [-0.05, 0) is 80.0 Å². The second-order valence-electron chi connectivity index (χ2n) is 8.25. The van der Waals surface area contributed by atoms with Gasteiger partial charge in [-0.3, -0.25) is 0 Å². The molecule has 0 aromatic heterocycles. The van der Waals surface area contributed by atoms with E-state index in [2.05, 4.69) is 34.3 Å². The highest BCUT2D eigenvalue weighted by atomic mass is 35.5. The Hall–Kier alpha value is -1.40.